The summed E-state index contributed by atoms with van der Waals surface area (Å²) in [5, 5.41) is 10.4. The van der Waals surface area contributed by atoms with Crippen molar-refractivity contribution in [2.75, 3.05) is 6.61 Å². The molecule has 0 aliphatic carbocycles. The Hall–Kier alpha value is -1.58. The smallest absolute Gasteiger partial charge is 0.147 e. The second-order valence-corrected chi connectivity index (χ2v) is 5.67. The summed E-state index contributed by atoms with van der Waals surface area (Å²) < 4.78 is 19.6. The van der Waals surface area contributed by atoms with Gasteiger partial charge in [-0.15, -0.1) is 0 Å². The van der Waals surface area contributed by atoms with Gasteiger partial charge in [0.25, 0.3) is 0 Å². The molecule has 2 atom stereocenters. The highest BCUT2D eigenvalue weighted by atomic mass is 35.5. The number of benzene rings is 2. The van der Waals surface area contributed by atoms with Gasteiger partial charge in [0.2, 0.25) is 0 Å². The van der Waals surface area contributed by atoms with Crippen molar-refractivity contribution in [3.8, 4) is 5.75 Å². The SMILES string of the molecule is OC(CC1CCOc2ccccc21)c1cccc(Cl)c1F. The molecule has 1 N–H and O–H groups in total. The Balaban J connectivity index is 1.83. The molecule has 0 bridgehead atoms. The molecule has 0 aromatic heterocycles. The molecule has 4 heteroatoms. The van der Waals surface area contributed by atoms with E-state index in [1.807, 2.05) is 24.3 Å². The van der Waals surface area contributed by atoms with E-state index in [1.165, 1.54) is 6.07 Å². The van der Waals surface area contributed by atoms with Crippen molar-refractivity contribution in [1.29, 1.82) is 0 Å². The first-order valence-corrected chi connectivity index (χ1v) is 7.38. The number of rotatable bonds is 3. The van der Waals surface area contributed by atoms with Crippen LogP contribution < -0.4 is 4.74 Å². The Kier molecular flexibility index (Phi) is 4.13. The predicted octanol–water partition coefficient (Wildman–Crippen LogP) is 4.47. The first-order chi connectivity index (χ1) is 10.2. The Labute approximate surface area is 128 Å². The second-order valence-electron chi connectivity index (χ2n) is 5.27. The van der Waals surface area contributed by atoms with Gasteiger partial charge in [0.05, 0.1) is 17.7 Å². The van der Waals surface area contributed by atoms with E-state index in [9.17, 15) is 9.50 Å². The van der Waals surface area contributed by atoms with Gasteiger partial charge in [0.15, 0.2) is 0 Å². The number of halogens is 2. The summed E-state index contributed by atoms with van der Waals surface area (Å²) in [6.45, 7) is 0.617. The van der Waals surface area contributed by atoms with Crippen LogP contribution in [0.3, 0.4) is 0 Å². The highest BCUT2D eigenvalue weighted by Gasteiger charge is 2.25. The molecule has 110 valence electrons. The van der Waals surface area contributed by atoms with Crippen molar-refractivity contribution in [2.45, 2.75) is 24.9 Å². The molecule has 0 fully saturated rings. The van der Waals surface area contributed by atoms with Crippen molar-refractivity contribution in [3.63, 3.8) is 0 Å². The number of para-hydroxylation sites is 1. The fourth-order valence-electron chi connectivity index (χ4n) is 2.84. The van der Waals surface area contributed by atoms with Crippen LogP contribution in [0.2, 0.25) is 5.02 Å². The van der Waals surface area contributed by atoms with Gasteiger partial charge in [-0.2, -0.15) is 0 Å². The van der Waals surface area contributed by atoms with Crippen LogP contribution in [0, 0.1) is 5.82 Å². The van der Waals surface area contributed by atoms with E-state index in [4.69, 9.17) is 16.3 Å². The predicted molar refractivity (Wildman–Crippen MR) is 80.3 cm³/mol. The van der Waals surface area contributed by atoms with Crippen molar-refractivity contribution < 1.29 is 14.2 Å². The summed E-state index contributed by atoms with van der Waals surface area (Å²) >= 11 is 5.78. The van der Waals surface area contributed by atoms with E-state index >= 15 is 0 Å². The first kappa shape index (κ1) is 14.4. The zero-order valence-corrected chi connectivity index (χ0v) is 12.2. The molecule has 3 rings (SSSR count). The summed E-state index contributed by atoms with van der Waals surface area (Å²) in [5.74, 6) is 0.475. The van der Waals surface area contributed by atoms with E-state index in [1.54, 1.807) is 12.1 Å². The average Bonchev–Trinajstić information content (AvgIpc) is 2.50. The van der Waals surface area contributed by atoms with E-state index in [-0.39, 0.29) is 16.5 Å². The Morgan fingerprint density at radius 2 is 2.05 bits per heavy atom. The normalized spacial score (nSPS) is 18.7. The highest BCUT2D eigenvalue weighted by molar-refractivity contribution is 6.30. The molecule has 1 aliphatic rings. The molecule has 0 spiro atoms. The van der Waals surface area contributed by atoms with Crippen LogP contribution in [-0.4, -0.2) is 11.7 Å². The zero-order chi connectivity index (χ0) is 14.8. The van der Waals surface area contributed by atoms with Gasteiger partial charge in [0.1, 0.15) is 11.6 Å². The van der Waals surface area contributed by atoms with E-state index < -0.39 is 11.9 Å². The fraction of sp³-hybridized carbons (Fsp3) is 0.294. The average molecular weight is 307 g/mol. The number of hydrogen-bond donors (Lipinski definition) is 1. The van der Waals surface area contributed by atoms with Gasteiger partial charge in [-0.1, -0.05) is 41.9 Å². The molecule has 21 heavy (non-hydrogen) atoms. The Morgan fingerprint density at radius 3 is 2.90 bits per heavy atom. The minimum absolute atomic E-state index is 0.0407. The zero-order valence-electron chi connectivity index (χ0n) is 11.4. The van der Waals surface area contributed by atoms with Gasteiger partial charge in [0, 0.05) is 5.56 Å². The number of fused-ring (bicyclic) bond motifs is 1. The first-order valence-electron chi connectivity index (χ1n) is 7.00. The quantitative estimate of drug-likeness (QED) is 0.906. The van der Waals surface area contributed by atoms with Crippen molar-refractivity contribution in [1.82, 2.24) is 0 Å². The molecule has 1 heterocycles. The third kappa shape index (κ3) is 2.89. The van der Waals surface area contributed by atoms with Crippen LogP contribution in [0.5, 0.6) is 5.75 Å². The van der Waals surface area contributed by atoms with Crippen molar-refractivity contribution in [3.05, 3.63) is 64.4 Å². The van der Waals surface area contributed by atoms with Crippen LogP contribution in [0.4, 0.5) is 4.39 Å². The van der Waals surface area contributed by atoms with Gasteiger partial charge >= 0.3 is 0 Å². The molecule has 2 unspecified atom stereocenters. The lowest BCUT2D eigenvalue weighted by Crippen LogP contribution is -2.17. The maximum Gasteiger partial charge on any atom is 0.147 e. The second kappa shape index (κ2) is 6.04. The molecule has 1 aliphatic heterocycles. The van der Waals surface area contributed by atoms with Gasteiger partial charge in [-0.05, 0) is 36.5 Å². The number of aliphatic hydroxyl groups is 1. The van der Waals surface area contributed by atoms with Crippen LogP contribution in [0.15, 0.2) is 42.5 Å². The largest absolute Gasteiger partial charge is 0.493 e. The van der Waals surface area contributed by atoms with Crippen molar-refractivity contribution in [2.24, 2.45) is 0 Å². The molecule has 2 aromatic rings. The molecule has 2 aromatic carbocycles. The third-order valence-electron chi connectivity index (χ3n) is 3.93. The van der Waals surface area contributed by atoms with E-state index in [2.05, 4.69) is 0 Å². The summed E-state index contributed by atoms with van der Waals surface area (Å²) in [6.07, 6.45) is 0.397. The Bertz CT molecular complexity index is 644. The van der Waals surface area contributed by atoms with E-state index in [0.29, 0.717) is 13.0 Å². The molecule has 2 nitrogen and oxygen atoms in total. The maximum atomic E-state index is 14.0. The molecule has 0 saturated heterocycles. The minimum Gasteiger partial charge on any atom is -0.493 e. The van der Waals surface area contributed by atoms with Crippen LogP contribution in [0.25, 0.3) is 0 Å². The van der Waals surface area contributed by atoms with Gasteiger partial charge in [-0.3, -0.25) is 0 Å². The molecule has 0 amide bonds. The standard InChI is InChI=1S/C17H16ClFO2/c18-14-6-3-5-13(17(14)19)15(20)10-11-8-9-21-16-7-2-1-4-12(11)16/h1-7,11,15,20H,8-10H2. The lowest BCUT2D eigenvalue weighted by atomic mass is 9.86. The fourth-order valence-corrected chi connectivity index (χ4v) is 3.02. The van der Waals surface area contributed by atoms with Crippen LogP contribution in [0.1, 0.15) is 36.0 Å². The number of hydrogen-bond acceptors (Lipinski definition) is 2. The third-order valence-corrected chi connectivity index (χ3v) is 4.22. The minimum atomic E-state index is -0.875. The summed E-state index contributed by atoms with van der Waals surface area (Å²) in [7, 11) is 0. The summed E-state index contributed by atoms with van der Waals surface area (Å²) in [4.78, 5) is 0. The molecular formula is C17H16ClFO2. The molecular weight excluding hydrogens is 291 g/mol. The summed E-state index contributed by atoms with van der Waals surface area (Å²) in [6, 6.07) is 12.5. The van der Waals surface area contributed by atoms with Crippen molar-refractivity contribution >= 4 is 11.6 Å². The lowest BCUT2D eigenvalue weighted by Gasteiger charge is -2.27. The molecule has 0 radical (unpaired) electrons. The highest BCUT2D eigenvalue weighted by Crippen LogP contribution is 2.39. The summed E-state index contributed by atoms with van der Waals surface area (Å²) in [5.41, 5.74) is 1.33. The van der Waals surface area contributed by atoms with Gasteiger partial charge < -0.3 is 9.84 Å². The Morgan fingerprint density at radius 1 is 1.24 bits per heavy atom. The number of aliphatic hydroxyl groups excluding tert-OH is 1. The topological polar surface area (TPSA) is 29.5 Å². The molecule has 0 saturated carbocycles. The monoisotopic (exact) mass is 306 g/mol. The van der Waals surface area contributed by atoms with Crippen LogP contribution in [-0.2, 0) is 0 Å². The lowest BCUT2D eigenvalue weighted by molar-refractivity contribution is 0.141. The van der Waals surface area contributed by atoms with Crippen LogP contribution >= 0.6 is 11.6 Å². The van der Waals surface area contributed by atoms with Gasteiger partial charge in [-0.25, -0.2) is 4.39 Å². The van der Waals surface area contributed by atoms with E-state index in [0.717, 1.165) is 17.7 Å². The number of ether oxygens (including phenoxy) is 1. The maximum absolute atomic E-state index is 14.0.